The fourth-order valence-electron chi connectivity index (χ4n) is 1.74. The molecule has 0 fully saturated rings. The summed E-state index contributed by atoms with van der Waals surface area (Å²) in [7, 11) is 0. The van der Waals surface area contributed by atoms with Crippen molar-refractivity contribution in [2.45, 2.75) is 27.3 Å². The Kier molecular flexibility index (Phi) is 4.62. The normalized spacial score (nSPS) is 10.4. The highest BCUT2D eigenvalue weighted by Gasteiger charge is 2.07. The average Bonchev–Trinajstić information content (AvgIpc) is 2.70. The van der Waals surface area contributed by atoms with Gasteiger partial charge in [0, 0.05) is 15.6 Å². The van der Waals surface area contributed by atoms with Crippen molar-refractivity contribution < 1.29 is 4.79 Å². The van der Waals surface area contributed by atoms with E-state index in [0.29, 0.717) is 17.3 Å². The second-order valence-corrected chi connectivity index (χ2v) is 6.21. The molecule has 0 atom stereocenters. The molecule has 2 amide bonds. The van der Waals surface area contributed by atoms with Gasteiger partial charge in [0.05, 0.1) is 17.2 Å². The van der Waals surface area contributed by atoms with Crippen LogP contribution in [0.25, 0.3) is 0 Å². The zero-order valence-electron chi connectivity index (χ0n) is 11.6. The predicted molar refractivity (Wildman–Crippen MR) is 83.6 cm³/mol. The van der Waals surface area contributed by atoms with E-state index >= 15 is 0 Å². The van der Waals surface area contributed by atoms with E-state index in [1.165, 1.54) is 0 Å². The molecule has 2 aromatic rings. The Morgan fingerprint density at radius 1 is 1.35 bits per heavy atom. The van der Waals surface area contributed by atoms with Gasteiger partial charge in [-0.3, -0.25) is 0 Å². The highest BCUT2D eigenvalue weighted by atomic mass is 35.5. The third kappa shape index (κ3) is 3.71. The Balaban J connectivity index is 1.92. The summed E-state index contributed by atoms with van der Waals surface area (Å²) in [4.78, 5) is 17.2. The molecule has 1 heterocycles. The fourth-order valence-corrected chi connectivity index (χ4v) is 2.80. The molecule has 1 aromatic heterocycles. The molecule has 2 rings (SSSR count). The van der Waals surface area contributed by atoms with Gasteiger partial charge in [0.1, 0.15) is 0 Å². The molecule has 0 bridgehead atoms. The lowest BCUT2D eigenvalue weighted by Gasteiger charge is -2.08. The zero-order chi connectivity index (χ0) is 14.7. The minimum Gasteiger partial charge on any atom is -0.333 e. The SMILES string of the molecule is Cc1nc(C)c(CNC(=O)Nc2ccc(C)c(Cl)c2)s1. The number of anilines is 1. The van der Waals surface area contributed by atoms with Crippen molar-refractivity contribution in [2.24, 2.45) is 0 Å². The summed E-state index contributed by atoms with van der Waals surface area (Å²) in [5, 5.41) is 7.21. The first-order chi connectivity index (χ1) is 9.45. The number of carbonyl (C=O) groups excluding carboxylic acids is 1. The van der Waals surface area contributed by atoms with E-state index in [-0.39, 0.29) is 6.03 Å². The number of aromatic nitrogens is 1. The number of rotatable bonds is 3. The smallest absolute Gasteiger partial charge is 0.319 e. The van der Waals surface area contributed by atoms with E-state index in [9.17, 15) is 4.79 Å². The van der Waals surface area contributed by atoms with Crippen molar-refractivity contribution in [2.75, 3.05) is 5.32 Å². The summed E-state index contributed by atoms with van der Waals surface area (Å²) in [5.74, 6) is 0. The molecule has 106 valence electrons. The van der Waals surface area contributed by atoms with Crippen LogP contribution in [0.3, 0.4) is 0 Å². The van der Waals surface area contributed by atoms with Gasteiger partial charge >= 0.3 is 6.03 Å². The first kappa shape index (κ1) is 14.8. The highest BCUT2D eigenvalue weighted by Crippen LogP contribution is 2.20. The number of aryl methyl sites for hydroxylation is 3. The standard InChI is InChI=1S/C14H16ClN3OS/c1-8-4-5-11(6-12(8)15)18-14(19)16-7-13-9(2)17-10(3)20-13/h4-6H,7H2,1-3H3,(H2,16,18,19). The Morgan fingerprint density at radius 2 is 2.10 bits per heavy atom. The van der Waals surface area contributed by atoms with Gasteiger partial charge in [-0.1, -0.05) is 17.7 Å². The second kappa shape index (κ2) is 6.24. The van der Waals surface area contributed by atoms with E-state index in [4.69, 9.17) is 11.6 Å². The second-order valence-electron chi connectivity index (χ2n) is 4.51. The summed E-state index contributed by atoms with van der Waals surface area (Å²) in [5.41, 5.74) is 2.62. The van der Waals surface area contributed by atoms with Crippen molar-refractivity contribution in [3.8, 4) is 0 Å². The number of hydrogen-bond donors (Lipinski definition) is 2. The van der Waals surface area contributed by atoms with Crippen molar-refractivity contribution in [3.05, 3.63) is 44.4 Å². The molecule has 20 heavy (non-hydrogen) atoms. The van der Waals surface area contributed by atoms with Crippen molar-refractivity contribution in [3.63, 3.8) is 0 Å². The minimum atomic E-state index is -0.254. The van der Waals surface area contributed by atoms with E-state index in [2.05, 4.69) is 15.6 Å². The van der Waals surface area contributed by atoms with Crippen LogP contribution in [0.2, 0.25) is 5.02 Å². The van der Waals surface area contributed by atoms with Crippen molar-refractivity contribution in [1.29, 1.82) is 0 Å². The molecule has 0 unspecified atom stereocenters. The van der Waals surface area contributed by atoms with Crippen LogP contribution in [-0.4, -0.2) is 11.0 Å². The summed E-state index contributed by atoms with van der Waals surface area (Å²) < 4.78 is 0. The predicted octanol–water partition coefficient (Wildman–Crippen LogP) is 4.04. The van der Waals surface area contributed by atoms with Gasteiger partial charge in [-0.15, -0.1) is 11.3 Å². The molecule has 4 nitrogen and oxygen atoms in total. The first-order valence-electron chi connectivity index (χ1n) is 6.19. The van der Waals surface area contributed by atoms with Gasteiger partial charge in [0.15, 0.2) is 0 Å². The first-order valence-corrected chi connectivity index (χ1v) is 7.39. The van der Waals surface area contributed by atoms with Crippen LogP contribution in [0.5, 0.6) is 0 Å². The summed E-state index contributed by atoms with van der Waals surface area (Å²) in [6.45, 7) is 6.29. The van der Waals surface area contributed by atoms with Crippen LogP contribution >= 0.6 is 22.9 Å². The zero-order valence-corrected chi connectivity index (χ0v) is 13.2. The van der Waals surface area contributed by atoms with Crippen LogP contribution in [0.15, 0.2) is 18.2 Å². The topological polar surface area (TPSA) is 54.0 Å². The van der Waals surface area contributed by atoms with E-state index in [0.717, 1.165) is 21.1 Å². The lowest BCUT2D eigenvalue weighted by atomic mass is 10.2. The molecule has 0 saturated carbocycles. The number of halogens is 1. The molecule has 1 aromatic carbocycles. The maximum Gasteiger partial charge on any atom is 0.319 e. The lowest BCUT2D eigenvalue weighted by molar-refractivity contribution is 0.252. The molecule has 6 heteroatoms. The fraction of sp³-hybridized carbons (Fsp3) is 0.286. The Hall–Kier alpha value is -1.59. The van der Waals surface area contributed by atoms with Crippen LogP contribution in [0.1, 0.15) is 21.1 Å². The number of hydrogen-bond acceptors (Lipinski definition) is 3. The Bertz CT molecular complexity index is 639. The van der Waals surface area contributed by atoms with Crippen LogP contribution in [0.4, 0.5) is 10.5 Å². The molecule has 0 radical (unpaired) electrons. The van der Waals surface area contributed by atoms with E-state index in [1.54, 1.807) is 17.4 Å². The van der Waals surface area contributed by atoms with Gasteiger partial charge in [-0.2, -0.15) is 0 Å². The molecule has 2 N–H and O–H groups in total. The molecular weight excluding hydrogens is 294 g/mol. The third-order valence-electron chi connectivity index (χ3n) is 2.84. The molecule has 0 aliphatic carbocycles. The Morgan fingerprint density at radius 3 is 2.70 bits per heavy atom. The molecule has 0 saturated heterocycles. The number of thiazole rings is 1. The van der Waals surface area contributed by atoms with Crippen molar-refractivity contribution in [1.82, 2.24) is 10.3 Å². The summed E-state index contributed by atoms with van der Waals surface area (Å²) in [6.07, 6.45) is 0. The number of nitrogens with one attached hydrogen (secondary N) is 2. The number of nitrogens with zero attached hydrogens (tertiary/aromatic N) is 1. The number of benzene rings is 1. The van der Waals surface area contributed by atoms with E-state index < -0.39 is 0 Å². The summed E-state index contributed by atoms with van der Waals surface area (Å²) in [6, 6.07) is 5.17. The molecular formula is C14H16ClN3OS. The summed E-state index contributed by atoms with van der Waals surface area (Å²) >= 11 is 7.61. The van der Waals surface area contributed by atoms with Gasteiger partial charge in [0.25, 0.3) is 0 Å². The molecule has 0 aliphatic rings. The number of urea groups is 1. The van der Waals surface area contributed by atoms with Gasteiger partial charge in [-0.25, -0.2) is 9.78 Å². The van der Waals surface area contributed by atoms with Gasteiger partial charge in [-0.05, 0) is 38.5 Å². The average molecular weight is 310 g/mol. The number of amides is 2. The lowest BCUT2D eigenvalue weighted by Crippen LogP contribution is -2.28. The quantitative estimate of drug-likeness (QED) is 0.899. The largest absolute Gasteiger partial charge is 0.333 e. The van der Waals surface area contributed by atoms with Crippen LogP contribution in [0, 0.1) is 20.8 Å². The third-order valence-corrected chi connectivity index (χ3v) is 4.32. The minimum absolute atomic E-state index is 0.254. The maximum absolute atomic E-state index is 11.8. The highest BCUT2D eigenvalue weighted by molar-refractivity contribution is 7.11. The molecule has 0 spiro atoms. The monoisotopic (exact) mass is 309 g/mol. The van der Waals surface area contributed by atoms with Gasteiger partial charge < -0.3 is 10.6 Å². The maximum atomic E-state index is 11.8. The van der Waals surface area contributed by atoms with Crippen LogP contribution in [-0.2, 0) is 6.54 Å². The van der Waals surface area contributed by atoms with Crippen LogP contribution < -0.4 is 10.6 Å². The Labute approximate surface area is 127 Å². The van der Waals surface area contributed by atoms with Crippen molar-refractivity contribution >= 4 is 34.7 Å². The van der Waals surface area contributed by atoms with Gasteiger partial charge in [0.2, 0.25) is 0 Å². The van der Waals surface area contributed by atoms with E-state index in [1.807, 2.05) is 32.9 Å². The number of carbonyl (C=O) groups is 1. The molecule has 0 aliphatic heterocycles.